The molecule has 0 spiro atoms. The summed E-state index contributed by atoms with van der Waals surface area (Å²) in [6.07, 6.45) is 0.882. The van der Waals surface area contributed by atoms with E-state index in [2.05, 4.69) is 46.9 Å². The Labute approximate surface area is 134 Å². The van der Waals surface area contributed by atoms with Gasteiger partial charge in [-0.05, 0) is 29.5 Å². The van der Waals surface area contributed by atoms with Crippen LogP contribution in [0.25, 0.3) is 0 Å². The monoisotopic (exact) mass is 329 g/mol. The van der Waals surface area contributed by atoms with Crippen LogP contribution in [0.4, 0.5) is 4.79 Å². The van der Waals surface area contributed by atoms with E-state index in [1.165, 1.54) is 0 Å². The molecule has 0 saturated heterocycles. The topological polar surface area (TPSA) is 75.6 Å². The van der Waals surface area contributed by atoms with Crippen LogP contribution in [0, 0.1) is 5.92 Å². The molecule has 0 aliphatic heterocycles. The van der Waals surface area contributed by atoms with E-state index in [0.29, 0.717) is 29.5 Å². The standard InChI is InChI=1S/C16H31NO4Si/c1-10(2)22(11(3)4,12(5)6)21-15-8-14(17-16(19)20)7-13(15)9-18/h9-15,17H,7-8H2,1-6H3,(H,19,20)/t13-,14-,15+/m1/s1. The van der Waals surface area contributed by atoms with E-state index in [0.717, 1.165) is 6.29 Å². The molecule has 1 rings (SSSR count). The first-order valence-corrected chi connectivity index (χ1v) is 10.4. The summed E-state index contributed by atoms with van der Waals surface area (Å²) in [5, 5.41) is 11.4. The molecule has 22 heavy (non-hydrogen) atoms. The molecule has 0 unspecified atom stereocenters. The molecule has 1 aliphatic rings. The predicted octanol–water partition coefficient (Wildman–Crippen LogP) is 3.79. The zero-order valence-corrected chi connectivity index (χ0v) is 15.6. The van der Waals surface area contributed by atoms with E-state index in [9.17, 15) is 9.59 Å². The smallest absolute Gasteiger partial charge is 0.404 e. The van der Waals surface area contributed by atoms with Crippen molar-refractivity contribution >= 4 is 20.7 Å². The predicted molar refractivity (Wildman–Crippen MR) is 89.7 cm³/mol. The zero-order chi connectivity index (χ0) is 17.1. The molecule has 128 valence electrons. The largest absolute Gasteiger partial charge is 0.465 e. The van der Waals surface area contributed by atoms with Crippen LogP contribution < -0.4 is 5.32 Å². The first-order chi connectivity index (χ1) is 10.1. The molecule has 5 nitrogen and oxygen atoms in total. The van der Waals surface area contributed by atoms with E-state index in [1.807, 2.05) is 0 Å². The second-order valence-electron chi connectivity index (χ2n) is 7.39. The maximum atomic E-state index is 11.4. The molecule has 1 fully saturated rings. The van der Waals surface area contributed by atoms with Crippen molar-refractivity contribution in [1.29, 1.82) is 0 Å². The van der Waals surface area contributed by atoms with Crippen molar-refractivity contribution in [3.63, 3.8) is 0 Å². The van der Waals surface area contributed by atoms with Crippen molar-refractivity contribution in [2.75, 3.05) is 0 Å². The summed E-state index contributed by atoms with van der Waals surface area (Å²) < 4.78 is 6.67. The number of nitrogens with one attached hydrogen (secondary N) is 1. The summed E-state index contributed by atoms with van der Waals surface area (Å²) >= 11 is 0. The summed E-state index contributed by atoms with van der Waals surface area (Å²) in [7, 11) is -2.05. The molecule has 1 aliphatic carbocycles. The van der Waals surface area contributed by atoms with E-state index in [1.54, 1.807) is 0 Å². The molecule has 6 heteroatoms. The summed E-state index contributed by atoms with van der Waals surface area (Å²) in [4.78, 5) is 22.2. The third-order valence-electron chi connectivity index (χ3n) is 5.12. The lowest BCUT2D eigenvalue weighted by Crippen LogP contribution is -2.51. The average molecular weight is 330 g/mol. The Morgan fingerprint density at radius 2 is 1.64 bits per heavy atom. The lowest BCUT2D eigenvalue weighted by molar-refractivity contribution is -0.113. The Hall–Kier alpha value is -0.883. The highest BCUT2D eigenvalue weighted by Crippen LogP contribution is 2.45. The number of carbonyl (C=O) groups excluding carboxylic acids is 1. The number of aldehydes is 1. The number of carbonyl (C=O) groups is 2. The number of rotatable bonds is 7. The van der Waals surface area contributed by atoms with Crippen LogP contribution >= 0.6 is 0 Å². The highest BCUT2D eigenvalue weighted by atomic mass is 28.4. The van der Waals surface area contributed by atoms with E-state index >= 15 is 0 Å². The highest BCUT2D eigenvalue weighted by molar-refractivity contribution is 6.77. The van der Waals surface area contributed by atoms with Crippen molar-refractivity contribution in [3.8, 4) is 0 Å². The summed E-state index contributed by atoms with van der Waals surface area (Å²) in [6.45, 7) is 13.3. The first-order valence-electron chi connectivity index (χ1n) is 8.27. The van der Waals surface area contributed by atoms with Crippen LogP contribution in [0.2, 0.25) is 16.6 Å². The van der Waals surface area contributed by atoms with Crippen LogP contribution in [0.1, 0.15) is 54.4 Å². The van der Waals surface area contributed by atoms with Gasteiger partial charge in [-0.15, -0.1) is 0 Å². The van der Waals surface area contributed by atoms with Gasteiger partial charge >= 0.3 is 6.09 Å². The quantitative estimate of drug-likeness (QED) is 0.550. The van der Waals surface area contributed by atoms with Crippen LogP contribution in [0.15, 0.2) is 0 Å². The van der Waals surface area contributed by atoms with Crippen molar-refractivity contribution < 1.29 is 19.1 Å². The van der Waals surface area contributed by atoms with Crippen molar-refractivity contribution in [2.24, 2.45) is 5.92 Å². The van der Waals surface area contributed by atoms with Crippen LogP contribution in [0.5, 0.6) is 0 Å². The molecule has 0 radical (unpaired) electrons. The fourth-order valence-electron chi connectivity index (χ4n) is 4.27. The molecule has 0 bridgehead atoms. The van der Waals surface area contributed by atoms with E-state index in [-0.39, 0.29) is 18.1 Å². The Kier molecular flexibility index (Phi) is 6.61. The Morgan fingerprint density at radius 3 is 2.00 bits per heavy atom. The number of hydrogen-bond acceptors (Lipinski definition) is 3. The molecule has 3 atom stereocenters. The van der Waals surface area contributed by atoms with Crippen molar-refractivity contribution in [3.05, 3.63) is 0 Å². The molecular weight excluding hydrogens is 298 g/mol. The third kappa shape index (κ3) is 3.90. The van der Waals surface area contributed by atoms with Gasteiger partial charge in [-0.2, -0.15) is 0 Å². The fraction of sp³-hybridized carbons (Fsp3) is 0.875. The van der Waals surface area contributed by atoms with Crippen LogP contribution in [-0.4, -0.2) is 37.9 Å². The normalized spacial score (nSPS) is 26.0. The molecule has 0 aromatic heterocycles. The fourth-order valence-corrected chi connectivity index (χ4v) is 9.89. The molecule has 1 saturated carbocycles. The maximum absolute atomic E-state index is 11.4. The van der Waals surface area contributed by atoms with Gasteiger partial charge in [0.15, 0.2) is 0 Å². The van der Waals surface area contributed by atoms with Crippen LogP contribution in [-0.2, 0) is 9.22 Å². The SMILES string of the molecule is CC(C)[Si](O[C@H]1C[C@H](NC(=O)O)C[C@@H]1C=O)(C(C)C)C(C)C. The zero-order valence-electron chi connectivity index (χ0n) is 14.6. The first kappa shape index (κ1) is 19.2. The molecule has 0 aromatic rings. The van der Waals surface area contributed by atoms with Gasteiger partial charge < -0.3 is 19.6 Å². The van der Waals surface area contributed by atoms with E-state index in [4.69, 9.17) is 9.53 Å². The van der Waals surface area contributed by atoms with Gasteiger partial charge in [0.05, 0.1) is 6.10 Å². The van der Waals surface area contributed by atoms with Gasteiger partial charge in [-0.1, -0.05) is 41.5 Å². The van der Waals surface area contributed by atoms with Gasteiger partial charge in [-0.3, -0.25) is 0 Å². The lowest BCUT2D eigenvalue weighted by atomic mass is 10.1. The Morgan fingerprint density at radius 1 is 1.14 bits per heavy atom. The molecule has 2 N–H and O–H groups in total. The molecule has 0 aromatic carbocycles. The Bertz CT molecular complexity index is 376. The highest BCUT2D eigenvalue weighted by Gasteiger charge is 2.49. The van der Waals surface area contributed by atoms with E-state index < -0.39 is 14.4 Å². The Balaban J connectivity index is 2.96. The van der Waals surface area contributed by atoms with Gasteiger partial charge in [0.25, 0.3) is 0 Å². The van der Waals surface area contributed by atoms with Crippen molar-refractivity contribution in [1.82, 2.24) is 5.32 Å². The van der Waals surface area contributed by atoms with Crippen LogP contribution in [0.3, 0.4) is 0 Å². The minimum absolute atomic E-state index is 0.159. The van der Waals surface area contributed by atoms with Gasteiger partial charge in [0.2, 0.25) is 8.32 Å². The second kappa shape index (κ2) is 7.59. The average Bonchev–Trinajstić information content (AvgIpc) is 2.75. The number of amides is 1. The minimum Gasteiger partial charge on any atom is -0.465 e. The number of carboxylic acid groups (broad SMARTS) is 1. The van der Waals surface area contributed by atoms with Gasteiger partial charge in [0.1, 0.15) is 6.29 Å². The minimum atomic E-state index is -2.05. The lowest BCUT2D eigenvalue weighted by Gasteiger charge is -2.44. The summed E-state index contributed by atoms with van der Waals surface area (Å²) in [5.41, 5.74) is 1.35. The maximum Gasteiger partial charge on any atom is 0.404 e. The third-order valence-corrected chi connectivity index (χ3v) is 11.2. The second-order valence-corrected chi connectivity index (χ2v) is 12.8. The summed E-state index contributed by atoms with van der Waals surface area (Å²) in [5.74, 6) is -0.208. The summed E-state index contributed by atoms with van der Waals surface area (Å²) in [6, 6.07) is -0.184. The van der Waals surface area contributed by atoms with Crippen molar-refractivity contribution in [2.45, 2.75) is 83.2 Å². The number of hydrogen-bond donors (Lipinski definition) is 2. The molecular formula is C16H31NO4Si. The molecule has 1 amide bonds. The van der Waals surface area contributed by atoms with Gasteiger partial charge in [0, 0.05) is 12.0 Å². The molecule has 0 heterocycles. The van der Waals surface area contributed by atoms with Gasteiger partial charge in [-0.25, -0.2) is 4.79 Å².